The first-order valence-corrected chi connectivity index (χ1v) is 13.4. The van der Waals surface area contributed by atoms with Gasteiger partial charge in [0, 0.05) is 38.4 Å². The molecule has 2 aliphatic heterocycles. The fraction of sp³-hybridized carbons (Fsp3) is 0.400. The summed E-state index contributed by atoms with van der Waals surface area (Å²) in [6, 6.07) is 12.9. The summed E-state index contributed by atoms with van der Waals surface area (Å²) in [5.41, 5.74) is 1.73. The molecular weight excluding hydrogens is 497 g/mol. The van der Waals surface area contributed by atoms with E-state index in [-0.39, 0.29) is 23.3 Å². The summed E-state index contributed by atoms with van der Waals surface area (Å²) in [4.78, 5) is 33.8. The summed E-state index contributed by atoms with van der Waals surface area (Å²) in [7, 11) is 1.87. The molecule has 1 atom stereocenters. The fourth-order valence-electron chi connectivity index (χ4n) is 5.53. The maximum absolute atomic E-state index is 15.6. The number of rotatable bonds is 6. The Bertz CT molecular complexity index is 1490. The van der Waals surface area contributed by atoms with Crippen LogP contribution < -0.4 is 0 Å². The molecule has 1 aliphatic carbocycles. The van der Waals surface area contributed by atoms with Gasteiger partial charge in [-0.1, -0.05) is 30.3 Å². The number of halogens is 1. The molecule has 1 saturated heterocycles. The molecular formula is C30H32FN5O3. The number of nitrogens with zero attached hydrogens (tertiary/aromatic N) is 5. The quantitative estimate of drug-likeness (QED) is 0.528. The minimum atomic E-state index is -1.20. The van der Waals surface area contributed by atoms with E-state index in [0.717, 1.165) is 28.7 Å². The van der Waals surface area contributed by atoms with Gasteiger partial charge in [-0.3, -0.25) is 24.2 Å². The van der Waals surface area contributed by atoms with E-state index >= 15 is 4.39 Å². The number of amides is 2. The molecule has 3 heterocycles. The Morgan fingerprint density at radius 2 is 1.74 bits per heavy atom. The van der Waals surface area contributed by atoms with Gasteiger partial charge in [0.25, 0.3) is 11.8 Å². The van der Waals surface area contributed by atoms with E-state index in [1.807, 2.05) is 43.6 Å². The van der Waals surface area contributed by atoms with Crippen LogP contribution in [0.2, 0.25) is 0 Å². The lowest BCUT2D eigenvalue weighted by molar-refractivity contribution is -0.141. The third-order valence-electron chi connectivity index (χ3n) is 8.01. The lowest BCUT2D eigenvalue weighted by Crippen LogP contribution is -2.43. The van der Waals surface area contributed by atoms with Crippen LogP contribution >= 0.6 is 0 Å². The number of hydrogen-bond donors (Lipinski definition) is 1. The Morgan fingerprint density at radius 1 is 1.08 bits per heavy atom. The molecule has 6 rings (SSSR count). The molecule has 8 nitrogen and oxygen atoms in total. The maximum atomic E-state index is 15.6. The molecule has 9 heteroatoms. The van der Waals surface area contributed by atoms with E-state index in [9.17, 15) is 14.7 Å². The highest BCUT2D eigenvalue weighted by atomic mass is 19.1. The van der Waals surface area contributed by atoms with E-state index in [0.29, 0.717) is 38.3 Å². The first kappa shape index (κ1) is 25.4. The standard InChI is InChI=1S/C30H32FN5O3/c1-29(2)27(37)36(17-19-10-13-35(16-19)28(38)30(39)11-12-30)26(33-29)24-9-8-22(14-25(24)31)20-4-6-21(7-5-20)23-15-32-34(3)18-23/h4-9,14-15,18-19,39H,10-13,16-17H2,1-3H3. The van der Waals surface area contributed by atoms with Crippen LogP contribution in [0.15, 0.2) is 59.9 Å². The predicted octanol–water partition coefficient (Wildman–Crippen LogP) is 3.63. The molecule has 3 aromatic rings. The van der Waals surface area contributed by atoms with E-state index in [2.05, 4.69) is 10.1 Å². The number of aliphatic hydroxyl groups is 1. The topological polar surface area (TPSA) is 91.0 Å². The van der Waals surface area contributed by atoms with Crippen molar-refractivity contribution in [2.75, 3.05) is 19.6 Å². The highest BCUT2D eigenvalue weighted by Crippen LogP contribution is 2.38. The highest BCUT2D eigenvalue weighted by Gasteiger charge is 2.51. The summed E-state index contributed by atoms with van der Waals surface area (Å²) in [5.74, 6) is -0.497. The van der Waals surface area contributed by atoms with Crippen LogP contribution in [-0.2, 0) is 16.6 Å². The van der Waals surface area contributed by atoms with Crippen molar-refractivity contribution in [3.63, 3.8) is 0 Å². The van der Waals surface area contributed by atoms with Gasteiger partial charge in [-0.05, 0) is 67.9 Å². The summed E-state index contributed by atoms with van der Waals surface area (Å²) in [6.45, 7) is 4.83. The first-order valence-electron chi connectivity index (χ1n) is 13.4. The zero-order valence-corrected chi connectivity index (χ0v) is 22.4. The van der Waals surface area contributed by atoms with Crippen molar-refractivity contribution in [1.82, 2.24) is 19.6 Å². The Kier molecular flexibility index (Phi) is 5.95. The lowest BCUT2D eigenvalue weighted by Gasteiger charge is -2.25. The molecule has 0 spiro atoms. The van der Waals surface area contributed by atoms with Crippen molar-refractivity contribution in [1.29, 1.82) is 0 Å². The van der Waals surface area contributed by atoms with Crippen molar-refractivity contribution in [3.05, 3.63) is 66.2 Å². The number of benzene rings is 2. The first-order chi connectivity index (χ1) is 18.5. The van der Waals surface area contributed by atoms with Crippen LogP contribution in [0.4, 0.5) is 4.39 Å². The molecule has 2 aromatic carbocycles. The van der Waals surface area contributed by atoms with Gasteiger partial charge in [-0.2, -0.15) is 5.10 Å². The van der Waals surface area contributed by atoms with Crippen molar-refractivity contribution < 1.29 is 19.1 Å². The van der Waals surface area contributed by atoms with E-state index < -0.39 is 17.0 Å². The highest BCUT2D eigenvalue weighted by molar-refractivity contribution is 6.15. The van der Waals surface area contributed by atoms with Gasteiger partial charge < -0.3 is 10.0 Å². The predicted molar refractivity (Wildman–Crippen MR) is 145 cm³/mol. The molecule has 2 fully saturated rings. The van der Waals surface area contributed by atoms with Crippen LogP contribution in [0.5, 0.6) is 0 Å². The van der Waals surface area contributed by atoms with Crippen LogP contribution in [0.1, 0.15) is 38.7 Å². The second-order valence-corrected chi connectivity index (χ2v) is 11.5. The van der Waals surface area contributed by atoms with E-state index in [1.165, 1.54) is 6.07 Å². The number of aliphatic imine (C=N–C) groups is 1. The van der Waals surface area contributed by atoms with Gasteiger partial charge in [0.15, 0.2) is 0 Å². The van der Waals surface area contributed by atoms with Crippen LogP contribution in [0.25, 0.3) is 22.3 Å². The summed E-state index contributed by atoms with van der Waals surface area (Å²) in [6.07, 6.45) is 5.48. The fourth-order valence-corrected chi connectivity index (χ4v) is 5.53. The summed E-state index contributed by atoms with van der Waals surface area (Å²) in [5, 5.41) is 14.4. The molecule has 39 heavy (non-hydrogen) atoms. The number of carbonyl (C=O) groups excluding carboxylic acids is 2. The summed E-state index contributed by atoms with van der Waals surface area (Å²) >= 11 is 0. The smallest absolute Gasteiger partial charge is 0.255 e. The second kappa shape index (κ2) is 9.12. The number of aryl methyl sites for hydroxylation is 1. The van der Waals surface area contributed by atoms with Crippen molar-refractivity contribution in [3.8, 4) is 22.3 Å². The largest absolute Gasteiger partial charge is 0.380 e. The Morgan fingerprint density at radius 3 is 2.36 bits per heavy atom. The third kappa shape index (κ3) is 4.65. The maximum Gasteiger partial charge on any atom is 0.255 e. The molecule has 0 radical (unpaired) electrons. The minimum Gasteiger partial charge on any atom is -0.380 e. The van der Waals surface area contributed by atoms with Gasteiger partial charge in [-0.15, -0.1) is 0 Å². The molecule has 1 N–H and O–H groups in total. The Labute approximate surface area is 226 Å². The molecule has 202 valence electrons. The number of likely N-dealkylation sites (tertiary alicyclic amines) is 1. The van der Waals surface area contributed by atoms with Crippen molar-refractivity contribution in [2.45, 2.75) is 44.2 Å². The molecule has 1 saturated carbocycles. The summed E-state index contributed by atoms with van der Waals surface area (Å²) < 4.78 is 17.3. The minimum absolute atomic E-state index is 0.0278. The average Bonchev–Trinajstić information content (AvgIpc) is 3.22. The van der Waals surface area contributed by atoms with Gasteiger partial charge in [0.1, 0.15) is 22.8 Å². The van der Waals surface area contributed by atoms with Gasteiger partial charge >= 0.3 is 0 Å². The van der Waals surface area contributed by atoms with Gasteiger partial charge in [0.2, 0.25) is 0 Å². The third-order valence-corrected chi connectivity index (χ3v) is 8.01. The number of amidine groups is 1. The van der Waals surface area contributed by atoms with E-state index in [4.69, 9.17) is 0 Å². The van der Waals surface area contributed by atoms with Crippen LogP contribution in [0.3, 0.4) is 0 Å². The monoisotopic (exact) mass is 529 g/mol. The van der Waals surface area contributed by atoms with Crippen molar-refractivity contribution >= 4 is 17.6 Å². The van der Waals surface area contributed by atoms with Crippen molar-refractivity contribution in [2.24, 2.45) is 18.0 Å². The molecule has 0 bridgehead atoms. The number of hydrogen-bond acceptors (Lipinski definition) is 5. The Hall–Kier alpha value is -3.85. The molecule has 1 aromatic heterocycles. The zero-order valence-electron chi connectivity index (χ0n) is 22.4. The number of carbonyl (C=O) groups is 2. The van der Waals surface area contributed by atoms with Gasteiger partial charge in [-0.25, -0.2) is 4.39 Å². The number of aromatic nitrogens is 2. The van der Waals surface area contributed by atoms with E-state index in [1.54, 1.807) is 40.6 Å². The Balaban J connectivity index is 1.21. The SMILES string of the molecule is Cn1cc(-c2ccc(-c3ccc(C4=NC(C)(C)C(=O)N4CC4CCN(C(=O)C5(O)CC5)C4)c(F)c3)cc2)cn1. The zero-order chi connectivity index (χ0) is 27.5. The molecule has 3 aliphatic rings. The van der Waals surface area contributed by atoms with Crippen LogP contribution in [-0.4, -0.2) is 73.1 Å². The second-order valence-electron chi connectivity index (χ2n) is 11.5. The van der Waals surface area contributed by atoms with Gasteiger partial charge in [0.05, 0.1) is 11.8 Å². The normalized spacial score (nSPS) is 21.4. The lowest BCUT2D eigenvalue weighted by atomic mass is 10.00. The average molecular weight is 530 g/mol. The molecule has 1 unspecified atom stereocenters. The molecule has 2 amide bonds. The van der Waals surface area contributed by atoms with Crippen LogP contribution in [0, 0.1) is 11.7 Å².